The Labute approximate surface area is 113 Å². The molecule has 0 aliphatic rings. The number of carbonyl (C=O) groups is 2. The van der Waals surface area contributed by atoms with Crippen LogP contribution < -0.4 is 4.90 Å². The zero-order chi connectivity index (χ0) is 14.4. The first-order valence-corrected chi connectivity index (χ1v) is 6.44. The summed E-state index contributed by atoms with van der Waals surface area (Å²) in [6, 6.07) is 1.77. The van der Waals surface area contributed by atoms with Crippen molar-refractivity contribution in [3.8, 4) is 0 Å². The molecule has 0 spiro atoms. The Morgan fingerprint density at radius 1 is 1.53 bits per heavy atom. The highest BCUT2D eigenvalue weighted by Gasteiger charge is 2.25. The molecular weight excluding hydrogens is 246 g/mol. The molecule has 1 unspecified atom stereocenters. The minimum Gasteiger partial charge on any atom is -0.453 e. The topological polar surface area (TPSA) is 64.4 Å². The largest absolute Gasteiger partial charge is 0.453 e. The fraction of sp³-hybridized carbons (Fsp3) is 0.615. The molecule has 6 heteroatoms. The van der Waals surface area contributed by atoms with Gasteiger partial charge in [-0.15, -0.1) is 0 Å². The summed E-state index contributed by atoms with van der Waals surface area (Å²) in [7, 11) is 1.79. The monoisotopic (exact) mass is 267 g/mol. The predicted octanol–water partition coefficient (Wildman–Crippen LogP) is 1.50. The van der Waals surface area contributed by atoms with E-state index in [1.165, 1.54) is 6.92 Å². The van der Waals surface area contributed by atoms with E-state index < -0.39 is 12.1 Å². The van der Waals surface area contributed by atoms with E-state index in [9.17, 15) is 9.59 Å². The molecule has 1 rings (SSSR count). The normalized spacial score (nSPS) is 12.0. The molecule has 0 aliphatic heterocycles. The highest BCUT2D eigenvalue weighted by atomic mass is 16.5. The van der Waals surface area contributed by atoms with Gasteiger partial charge in [-0.25, -0.2) is 0 Å². The Kier molecular flexibility index (Phi) is 5.54. The first-order valence-electron chi connectivity index (χ1n) is 6.44. The van der Waals surface area contributed by atoms with Crippen LogP contribution in [0.15, 0.2) is 12.3 Å². The van der Waals surface area contributed by atoms with Gasteiger partial charge in [-0.1, -0.05) is 13.3 Å². The van der Waals surface area contributed by atoms with Crippen LogP contribution in [0.3, 0.4) is 0 Å². The second-order valence-electron chi connectivity index (χ2n) is 4.44. The van der Waals surface area contributed by atoms with Gasteiger partial charge in [0.2, 0.25) is 0 Å². The number of unbranched alkanes of at least 4 members (excludes halogenated alkanes) is 1. The van der Waals surface area contributed by atoms with Gasteiger partial charge in [0.1, 0.15) is 0 Å². The molecule has 0 aliphatic carbocycles. The van der Waals surface area contributed by atoms with E-state index in [1.807, 2.05) is 0 Å². The molecule has 0 aromatic carbocycles. The van der Waals surface area contributed by atoms with Gasteiger partial charge in [-0.05, 0) is 13.3 Å². The molecule has 6 nitrogen and oxygen atoms in total. The van der Waals surface area contributed by atoms with Crippen LogP contribution in [0.5, 0.6) is 0 Å². The second kappa shape index (κ2) is 6.92. The van der Waals surface area contributed by atoms with Crippen LogP contribution in [0.2, 0.25) is 0 Å². The number of amides is 1. The van der Waals surface area contributed by atoms with Crippen molar-refractivity contribution in [2.45, 2.75) is 39.7 Å². The number of nitrogens with zero attached hydrogens (tertiary/aromatic N) is 3. The number of esters is 1. The molecule has 106 valence electrons. The maximum absolute atomic E-state index is 12.3. The van der Waals surface area contributed by atoms with E-state index in [0.29, 0.717) is 12.4 Å². The fourth-order valence-electron chi connectivity index (χ4n) is 1.72. The zero-order valence-electron chi connectivity index (χ0n) is 11.9. The van der Waals surface area contributed by atoms with Crippen LogP contribution in [0, 0.1) is 0 Å². The van der Waals surface area contributed by atoms with E-state index in [-0.39, 0.29) is 5.91 Å². The Bertz CT molecular complexity index is 442. The molecule has 0 saturated heterocycles. The summed E-state index contributed by atoms with van der Waals surface area (Å²) < 4.78 is 6.57. The summed E-state index contributed by atoms with van der Waals surface area (Å²) in [5.41, 5.74) is 0. The quantitative estimate of drug-likeness (QED) is 0.733. The lowest BCUT2D eigenvalue weighted by Crippen LogP contribution is -2.40. The van der Waals surface area contributed by atoms with Crippen molar-refractivity contribution in [3.05, 3.63) is 12.3 Å². The summed E-state index contributed by atoms with van der Waals surface area (Å²) in [5, 5.41) is 4.23. The molecule has 0 fully saturated rings. The lowest BCUT2D eigenvalue weighted by molar-refractivity contribution is -0.151. The molecule has 1 amide bonds. The highest BCUT2D eigenvalue weighted by Crippen LogP contribution is 2.14. The highest BCUT2D eigenvalue weighted by molar-refractivity contribution is 5.96. The van der Waals surface area contributed by atoms with Gasteiger partial charge in [0, 0.05) is 32.8 Å². The SMILES string of the molecule is CCCCN(C(=O)C(C)OC(C)=O)c1ccn(C)n1. The van der Waals surface area contributed by atoms with Crippen molar-refractivity contribution in [2.24, 2.45) is 7.05 Å². The predicted molar refractivity (Wildman–Crippen MR) is 71.7 cm³/mol. The molecule has 1 atom stereocenters. The summed E-state index contributed by atoms with van der Waals surface area (Å²) in [6.07, 6.45) is 2.82. The van der Waals surface area contributed by atoms with Crippen LogP contribution in [-0.4, -0.2) is 34.3 Å². The standard InChI is InChI=1S/C13H21N3O3/c1-5-6-8-16(12-7-9-15(4)14-12)13(18)10(2)19-11(3)17/h7,9-10H,5-6,8H2,1-4H3. The minimum absolute atomic E-state index is 0.248. The van der Waals surface area contributed by atoms with Crippen LogP contribution in [0.25, 0.3) is 0 Å². The molecule has 19 heavy (non-hydrogen) atoms. The van der Waals surface area contributed by atoms with Crippen molar-refractivity contribution >= 4 is 17.7 Å². The molecule has 1 aromatic rings. The van der Waals surface area contributed by atoms with Crippen molar-refractivity contribution in [3.63, 3.8) is 0 Å². The van der Waals surface area contributed by atoms with Gasteiger partial charge in [0.25, 0.3) is 5.91 Å². The third kappa shape index (κ3) is 4.39. The first-order chi connectivity index (χ1) is 8.95. The molecule has 1 aromatic heterocycles. The third-order valence-electron chi connectivity index (χ3n) is 2.67. The number of aryl methyl sites for hydroxylation is 1. The third-order valence-corrected chi connectivity index (χ3v) is 2.67. The van der Waals surface area contributed by atoms with E-state index >= 15 is 0 Å². The number of aromatic nitrogens is 2. The Hall–Kier alpha value is -1.85. The van der Waals surface area contributed by atoms with Crippen molar-refractivity contribution in [1.29, 1.82) is 0 Å². The summed E-state index contributed by atoms with van der Waals surface area (Å²) in [5.74, 6) is -0.125. The van der Waals surface area contributed by atoms with E-state index in [1.54, 1.807) is 35.8 Å². The van der Waals surface area contributed by atoms with Crippen LogP contribution >= 0.6 is 0 Å². The zero-order valence-corrected chi connectivity index (χ0v) is 11.9. The summed E-state index contributed by atoms with van der Waals surface area (Å²) >= 11 is 0. The number of carbonyl (C=O) groups excluding carboxylic acids is 2. The lowest BCUT2D eigenvalue weighted by atomic mass is 10.2. The molecule has 1 heterocycles. The molecule has 0 N–H and O–H groups in total. The fourth-order valence-corrected chi connectivity index (χ4v) is 1.72. The summed E-state index contributed by atoms with van der Waals surface area (Å²) in [6.45, 7) is 5.49. The average molecular weight is 267 g/mol. The van der Waals surface area contributed by atoms with Crippen molar-refractivity contribution in [2.75, 3.05) is 11.4 Å². The van der Waals surface area contributed by atoms with E-state index in [0.717, 1.165) is 12.8 Å². The number of hydrogen-bond donors (Lipinski definition) is 0. The summed E-state index contributed by atoms with van der Waals surface area (Å²) in [4.78, 5) is 24.8. The smallest absolute Gasteiger partial charge is 0.303 e. The Morgan fingerprint density at radius 2 is 2.21 bits per heavy atom. The van der Waals surface area contributed by atoms with Gasteiger partial charge in [-0.2, -0.15) is 5.10 Å². The van der Waals surface area contributed by atoms with Gasteiger partial charge >= 0.3 is 5.97 Å². The number of anilines is 1. The van der Waals surface area contributed by atoms with E-state index in [4.69, 9.17) is 4.74 Å². The second-order valence-corrected chi connectivity index (χ2v) is 4.44. The Balaban J connectivity index is 2.84. The molecule has 0 saturated carbocycles. The molecule has 0 radical (unpaired) electrons. The lowest BCUT2D eigenvalue weighted by Gasteiger charge is -2.23. The number of ether oxygens (including phenoxy) is 1. The minimum atomic E-state index is -0.795. The average Bonchev–Trinajstić information content (AvgIpc) is 2.75. The van der Waals surface area contributed by atoms with Crippen LogP contribution in [-0.2, 0) is 21.4 Å². The molecular formula is C13H21N3O3. The first kappa shape index (κ1) is 15.2. The van der Waals surface area contributed by atoms with Gasteiger partial charge in [-0.3, -0.25) is 19.2 Å². The van der Waals surface area contributed by atoms with Gasteiger partial charge in [0.15, 0.2) is 11.9 Å². The van der Waals surface area contributed by atoms with Crippen LogP contribution in [0.4, 0.5) is 5.82 Å². The van der Waals surface area contributed by atoms with Gasteiger partial charge in [0.05, 0.1) is 0 Å². The Morgan fingerprint density at radius 3 is 2.68 bits per heavy atom. The maximum atomic E-state index is 12.3. The van der Waals surface area contributed by atoms with Crippen LogP contribution in [0.1, 0.15) is 33.6 Å². The maximum Gasteiger partial charge on any atom is 0.303 e. The van der Waals surface area contributed by atoms with Crippen molar-refractivity contribution < 1.29 is 14.3 Å². The van der Waals surface area contributed by atoms with E-state index in [2.05, 4.69) is 12.0 Å². The molecule has 0 bridgehead atoms. The van der Waals surface area contributed by atoms with Crippen molar-refractivity contribution in [1.82, 2.24) is 9.78 Å². The van der Waals surface area contributed by atoms with Gasteiger partial charge < -0.3 is 4.74 Å². The number of rotatable bonds is 6. The number of hydrogen-bond acceptors (Lipinski definition) is 4.